The molecule has 1 aromatic carbocycles. The van der Waals surface area contributed by atoms with Crippen LogP contribution in [0.25, 0.3) is 0 Å². The maximum atomic E-state index is 4.11. The molecule has 2 nitrogen and oxygen atoms in total. The lowest BCUT2D eigenvalue weighted by Crippen LogP contribution is -2.26. The lowest BCUT2D eigenvalue weighted by Gasteiger charge is -2.19. The third kappa shape index (κ3) is 5.80. The van der Waals surface area contributed by atoms with Crippen molar-refractivity contribution in [2.45, 2.75) is 19.9 Å². The molecule has 0 aliphatic heterocycles. The summed E-state index contributed by atoms with van der Waals surface area (Å²) in [6, 6.07) is 8.35. The summed E-state index contributed by atoms with van der Waals surface area (Å²) in [4.78, 5) is 2.29. The summed E-state index contributed by atoms with van der Waals surface area (Å²) < 4.78 is 1.17. The zero-order chi connectivity index (χ0) is 13.4. The van der Waals surface area contributed by atoms with E-state index in [9.17, 15) is 0 Å². The molecular formula is C15H23BrN2. The summed E-state index contributed by atoms with van der Waals surface area (Å²) >= 11 is 3.58. The van der Waals surface area contributed by atoms with E-state index in [0.29, 0.717) is 0 Å². The van der Waals surface area contributed by atoms with Crippen LogP contribution >= 0.6 is 15.9 Å². The second-order valence-electron chi connectivity index (χ2n) is 4.69. The van der Waals surface area contributed by atoms with Crippen LogP contribution in [0.5, 0.6) is 0 Å². The highest BCUT2D eigenvalue weighted by Crippen LogP contribution is 2.17. The third-order valence-electron chi connectivity index (χ3n) is 2.69. The molecule has 0 spiro atoms. The Morgan fingerprint density at radius 2 is 2.11 bits per heavy atom. The van der Waals surface area contributed by atoms with Crippen molar-refractivity contribution < 1.29 is 0 Å². The van der Waals surface area contributed by atoms with Gasteiger partial charge in [-0.2, -0.15) is 0 Å². The molecule has 0 saturated heterocycles. The van der Waals surface area contributed by atoms with Crippen LogP contribution in [-0.4, -0.2) is 31.6 Å². The van der Waals surface area contributed by atoms with Gasteiger partial charge < -0.3 is 5.32 Å². The standard InChI is InChI=1S/C15H23BrN2/c1-4-9-17-10-13(2)11-18(3)12-14-7-5-6-8-15(14)16/h5-8,17H,2,4,9-12H2,1,3H3. The normalized spacial score (nSPS) is 10.9. The maximum absolute atomic E-state index is 4.11. The van der Waals surface area contributed by atoms with Crippen LogP contribution in [0.4, 0.5) is 0 Å². The molecule has 0 aliphatic rings. The Hall–Kier alpha value is -0.640. The molecule has 0 heterocycles. The predicted molar refractivity (Wildman–Crippen MR) is 82.8 cm³/mol. The fourth-order valence-electron chi connectivity index (χ4n) is 1.85. The Morgan fingerprint density at radius 1 is 1.39 bits per heavy atom. The zero-order valence-corrected chi connectivity index (χ0v) is 13.0. The average Bonchev–Trinajstić information content (AvgIpc) is 2.32. The second kappa shape index (κ2) is 8.46. The van der Waals surface area contributed by atoms with E-state index < -0.39 is 0 Å². The first kappa shape index (κ1) is 15.4. The monoisotopic (exact) mass is 310 g/mol. The minimum Gasteiger partial charge on any atom is -0.313 e. The fourth-order valence-corrected chi connectivity index (χ4v) is 2.26. The molecule has 3 heteroatoms. The molecule has 100 valence electrons. The van der Waals surface area contributed by atoms with Gasteiger partial charge in [-0.1, -0.05) is 47.6 Å². The van der Waals surface area contributed by atoms with Gasteiger partial charge >= 0.3 is 0 Å². The topological polar surface area (TPSA) is 15.3 Å². The van der Waals surface area contributed by atoms with E-state index >= 15 is 0 Å². The van der Waals surface area contributed by atoms with E-state index in [1.807, 2.05) is 6.07 Å². The number of halogens is 1. The minimum atomic E-state index is 0.911. The van der Waals surface area contributed by atoms with Crippen LogP contribution in [0.3, 0.4) is 0 Å². The summed E-state index contributed by atoms with van der Waals surface area (Å²) in [7, 11) is 2.13. The van der Waals surface area contributed by atoms with Crippen molar-refractivity contribution in [1.29, 1.82) is 0 Å². The number of hydrogen-bond donors (Lipinski definition) is 1. The molecule has 0 fully saturated rings. The quantitative estimate of drug-likeness (QED) is 0.584. The molecule has 0 radical (unpaired) electrons. The van der Waals surface area contributed by atoms with Crippen molar-refractivity contribution in [2.75, 3.05) is 26.7 Å². The molecule has 0 bridgehead atoms. The summed E-state index contributed by atoms with van der Waals surface area (Å²) in [5.41, 5.74) is 2.55. The average molecular weight is 311 g/mol. The molecule has 0 atom stereocenters. The van der Waals surface area contributed by atoms with Crippen molar-refractivity contribution in [3.05, 3.63) is 46.5 Å². The van der Waals surface area contributed by atoms with Gasteiger partial charge in [0, 0.05) is 24.1 Å². The molecule has 0 aromatic heterocycles. The van der Waals surface area contributed by atoms with E-state index in [-0.39, 0.29) is 0 Å². The van der Waals surface area contributed by atoms with E-state index in [1.54, 1.807) is 0 Å². The van der Waals surface area contributed by atoms with Gasteiger partial charge in [-0.3, -0.25) is 4.90 Å². The van der Waals surface area contributed by atoms with E-state index in [0.717, 1.165) is 26.2 Å². The Bertz CT molecular complexity index is 377. The van der Waals surface area contributed by atoms with E-state index in [1.165, 1.54) is 22.0 Å². The third-order valence-corrected chi connectivity index (χ3v) is 3.47. The highest BCUT2D eigenvalue weighted by Gasteiger charge is 2.04. The minimum absolute atomic E-state index is 0.911. The lowest BCUT2D eigenvalue weighted by molar-refractivity contribution is 0.351. The van der Waals surface area contributed by atoms with Crippen LogP contribution in [0.2, 0.25) is 0 Å². The number of hydrogen-bond acceptors (Lipinski definition) is 2. The van der Waals surface area contributed by atoms with Crippen molar-refractivity contribution in [1.82, 2.24) is 10.2 Å². The first-order valence-corrected chi connectivity index (χ1v) is 7.22. The Morgan fingerprint density at radius 3 is 2.78 bits per heavy atom. The SMILES string of the molecule is C=C(CNCCC)CN(C)Cc1ccccc1Br. The predicted octanol–water partition coefficient (Wildman–Crippen LogP) is 3.44. The zero-order valence-electron chi connectivity index (χ0n) is 11.4. The Kier molecular flexibility index (Phi) is 7.25. The van der Waals surface area contributed by atoms with Crippen molar-refractivity contribution >= 4 is 15.9 Å². The molecule has 18 heavy (non-hydrogen) atoms. The van der Waals surface area contributed by atoms with Crippen LogP contribution < -0.4 is 5.32 Å². The van der Waals surface area contributed by atoms with Crippen molar-refractivity contribution in [3.63, 3.8) is 0 Å². The van der Waals surface area contributed by atoms with Gasteiger partial charge in [0.15, 0.2) is 0 Å². The molecule has 1 aromatic rings. The van der Waals surface area contributed by atoms with Gasteiger partial charge in [0.2, 0.25) is 0 Å². The smallest absolute Gasteiger partial charge is 0.0245 e. The fraction of sp³-hybridized carbons (Fsp3) is 0.467. The van der Waals surface area contributed by atoms with Crippen LogP contribution in [0.1, 0.15) is 18.9 Å². The highest BCUT2D eigenvalue weighted by molar-refractivity contribution is 9.10. The number of rotatable bonds is 8. The van der Waals surface area contributed by atoms with Crippen molar-refractivity contribution in [2.24, 2.45) is 0 Å². The number of benzene rings is 1. The molecule has 1 N–H and O–H groups in total. The summed E-state index contributed by atoms with van der Waals surface area (Å²) in [6.07, 6.45) is 1.17. The van der Waals surface area contributed by atoms with Gasteiger partial charge in [-0.05, 0) is 37.2 Å². The second-order valence-corrected chi connectivity index (χ2v) is 5.54. The largest absolute Gasteiger partial charge is 0.313 e. The maximum Gasteiger partial charge on any atom is 0.0245 e. The van der Waals surface area contributed by atoms with Gasteiger partial charge in [-0.25, -0.2) is 0 Å². The molecular weight excluding hydrogens is 288 g/mol. The Balaban J connectivity index is 2.35. The van der Waals surface area contributed by atoms with Crippen LogP contribution in [0.15, 0.2) is 40.9 Å². The number of nitrogens with zero attached hydrogens (tertiary/aromatic N) is 1. The first-order chi connectivity index (χ1) is 8.63. The number of likely N-dealkylation sites (N-methyl/N-ethyl adjacent to an activating group) is 1. The number of nitrogens with one attached hydrogen (secondary N) is 1. The van der Waals surface area contributed by atoms with Crippen molar-refractivity contribution in [3.8, 4) is 0 Å². The van der Waals surface area contributed by atoms with Gasteiger partial charge in [0.1, 0.15) is 0 Å². The van der Waals surface area contributed by atoms with Gasteiger partial charge in [-0.15, -0.1) is 0 Å². The molecule has 0 amide bonds. The van der Waals surface area contributed by atoms with E-state index in [4.69, 9.17) is 0 Å². The molecule has 0 aliphatic carbocycles. The lowest BCUT2D eigenvalue weighted by atomic mass is 10.2. The molecule has 0 unspecified atom stereocenters. The van der Waals surface area contributed by atoms with Gasteiger partial charge in [0.05, 0.1) is 0 Å². The summed E-state index contributed by atoms with van der Waals surface area (Å²) in [6.45, 7) is 10.1. The highest BCUT2D eigenvalue weighted by atomic mass is 79.9. The first-order valence-electron chi connectivity index (χ1n) is 6.42. The Labute approximate surface area is 119 Å². The van der Waals surface area contributed by atoms with Crippen LogP contribution in [0, 0.1) is 0 Å². The van der Waals surface area contributed by atoms with Crippen LogP contribution in [-0.2, 0) is 6.54 Å². The molecule has 0 saturated carbocycles. The van der Waals surface area contributed by atoms with E-state index in [2.05, 4.69) is 64.9 Å². The molecule has 1 rings (SSSR count). The summed E-state index contributed by atoms with van der Waals surface area (Å²) in [5, 5.41) is 3.38. The van der Waals surface area contributed by atoms with Gasteiger partial charge in [0.25, 0.3) is 0 Å². The summed E-state index contributed by atoms with van der Waals surface area (Å²) in [5.74, 6) is 0.